The molecule has 0 aliphatic carbocycles. The van der Waals surface area contributed by atoms with E-state index >= 15 is 0 Å². The molecular weight excluding hydrogens is 382 g/mol. The Labute approximate surface area is 175 Å². The highest BCUT2D eigenvalue weighted by Crippen LogP contribution is 2.29. The zero-order valence-corrected chi connectivity index (χ0v) is 18.0. The summed E-state index contributed by atoms with van der Waals surface area (Å²) in [6.07, 6.45) is 4.16. The summed E-state index contributed by atoms with van der Waals surface area (Å²) >= 11 is 0. The van der Waals surface area contributed by atoms with E-state index < -0.39 is 6.04 Å². The highest BCUT2D eigenvalue weighted by molar-refractivity contribution is 5.92. The minimum Gasteiger partial charge on any atom is -0.379 e. The van der Waals surface area contributed by atoms with E-state index in [0.29, 0.717) is 22.6 Å². The van der Waals surface area contributed by atoms with Crippen LogP contribution in [-0.2, 0) is 4.74 Å². The summed E-state index contributed by atoms with van der Waals surface area (Å²) in [5, 5.41) is 12.3. The molecule has 3 aromatic heterocycles. The molecule has 3 aromatic rings. The zero-order valence-electron chi connectivity index (χ0n) is 18.0. The van der Waals surface area contributed by atoms with Crippen LogP contribution in [0, 0.1) is 25.2 Å². The van der Waals surface area contributed by atoms with Crippen molar-refractivity contribution >= 4 is 17.1 Å². The summed E-state index contributed by atoms with van der Waals surface area (Å²) in [7, 11) is 1.58. The van der Waals surface area contributed by atoms with Gasteiger partial charge in [-0.25, -0.2) is 15.0 Å². The van der Waals surface area contributed by atoms with Crippen LogP contribution in [0.2, 0.25) is 0 Å². The molecule has 3 rings (SSSR count). The van der Waals surface area contributed by atoms with Gasteiger partial charge < -0.3 is 14.6 Å². The van der Waals surface area contributed by atoms with Crippen molar-refractivity contribution in [3.63, 3.8) is 0 Å². The molecule has 9 nitrogen and oxygen atoms in total. The molecule has 0 saturated heterocycles. The first-order valence-corrected chi connectivity index (χ1v) is 9.68. The molecule has 0 radical (unpaired) electrons. The number of nitrogens with zero attached hydrogens (tertiary/aromatic N) is 6. The zero-order chi connectivity index (χ0) is 22.0. The largest absolute Gasteiger partial charge is 0.379 e. The molecule has 2 atom stereocenters. The molecule has 0 aliphatic rings. The number of fused-ring (bicyclic) bond motifs is 1. The number of rotatable bonds is 6. The predicted molar refractivity (Wildman–Crippen MR) is 111 cm³/mol. The van der Waals surface area contributed by atoms with E-state index in [2.05, 4.69) is 26.3 Å². The van der Waals surface area contributed by atoms with Crippen LogP contribution in [0.5, 0.6) is 0 Å². The lowest BCUT2D eigenvalue weighted by Gasteiger charge is -2.25. The Balaban J connectivity index is 2.12. The third kappa shape index (κ3) is 3.86. The van der Waals surface area contributed by atoms with Gasteiger partial charge in [0.15, 0.2) is 5.65 Å². The summed E-state index contributed by atoms with van der Waals surface area (Å²) in [5.41, 5.74) is 3.46. The fraction of sp³-hybridized carbons (Fsp3) is 0.429. The number of aromatic nitrogens is 5. The summed E-state index contributed by atoms with van der Waals surface area (Å²) in [6, 6.07) is 1.60. The highest BCUT2D eigenvalue weighted by Gasteiger charge is 2.30. The molecule has 9 heteroatoms. The number of ether oxygens (including phenoxy) is 1. The minimum atomic E-state index is -0.563. The minimum absolute atomic E-state index is 0.0208. The fourth-order valence-corrected chi connectivity index (χ4v) is 3.26. The van der Waals surface area contributed by atoms with Crippen molar-refractivity contribution in [3.8, 4) is 6.07 Å². The number of pyridine rings is 1. The van der Waals surface area contributed by atoms with Crippen LogP contribution >= 0.6 is 0 Å². The van der Waals surface area contributed by atoms with E-state index in [1.807, 2.05) is 32.3 Å². The first kappa shape index (κ1) is 21.3. The van der Waals surface area contributed by atoms with Gasteiger partial charge >= 0.3 is 0 Å². The Bertz CT molecular complexity index is 1110. The van der Waals surface area contributed by atoms with Crippen molar-refractivity contribution in [2.75, 3.05) is 7.11 Å². The molecule has 0 bridgehead atoms. The second kappa shape index (κ2) is 8.55. The Morgan fingerprint density at radius 2 is 1.90 bits per heavy atom. The maximum absolute atomic E-state index is 12.9. The number of carbonyl (C=O) groups is 1. The normalized spacial score (nSPS) is 13.3. The molecule has 0 fully saturated rings. The fourth-order valence-electron chi connectivity index (χ4n) is 3.26. The first-order chi connectivity index (χ1) is 14.3. The Hall–Kier alpha value is -3.38. The topological polar surface area (TPSA) is 119 Å². The quantitative estimate of drug-likeness (QED) is 0.667. The molecule has 156 valence electrons. The van der Waals surface area contributed by atoms with Crippen molar-refractivity contribution in [1.29, 1.82) is 5.26 Å². The van der Waals surface area contributed by atoms with Gasteiger partial charge in [0.25, 0.3) is 5.91 Å². The number of hydrogen-bond acceptors (Lipinski definition) is 7. The molecule has 0 saturated carbocycles. The van der Waals surface area contributed by atoms with Crippen molar-refractivity contribution < 1.29 is 9.53 Å². The average molecular weight is 407 g/mol. The van der Waals surface area contributed by atoms with Gasteiger partial charge in [-0.3, -0.25) is 9.78 Å². The molecule has 0 spiro atoms. The standard InChI is InChI=1S/C21H25N7O2/c1-11(2)28-19-17(13(4)15(7-22)9-25-19)26-20(28)18(14(5)30-6)27-21(29)16-10-23-12(3)8-24-16/h8-11,14,18H,1-6H3,(H,27,29)/t14-,18+/m1/s1. The van der Waals surface area contributed by atoms with Crippen LogP contribution in [0.4, 0.5) is 0 Å². The molecular formula is C21H25N7O2. The molecule has 0 aliphatic heterocycles. The van der Waals surface area contributed by atoms with Crippen LogP contribution in [0.25, 0.3) is 11.2 Å². The summed E-state index contributed by atoms with van der Waals surface area (Å²) in [5.74, 6) is 0.231. The van der Waals surface area contributed by atoms with E-state index in [-0.39, 0.29) is 23.7 Å². The average Bonchev–Trinajstić information content (AvgIpc) is 3.12. The molecule has 30 heavy (non-hydrogen) atoms. The third-order valence-electron chi connectivity index (χ3n) is 5.04. The number of imidazole rings is 1. The summed E-state index contributed by atoms with van der Waals surface area (Å²) in [4.78, 5) is 30.4. The number of nitrogens with one attached hydrogen (secondary N) is 1. The van der Waals surface area contributed by atoms with E-state index in [1.54, 1.807) is 26.4 Å². The number of aryl methyl sites for hydroxylation is 2. The second-order valence-corrected chi connectivity index (χ2v) is 7.45. The molecule has 1 N–H and O–H groups in total. The van der Waals surface area contributed by atoms with E-state index in [0.717, 1.165) is 11.3 Å². The van der Waals surface area contributed by atoms with Gasteiger partial charge in [0.05, 0.1) is 23.6 Å². The van der Waals surface area contributed by atoms with Crippen LogP contribution in [0.15, 0.2) is 18.6 Å². The Kier molecular flexibility index (Phi) is 6.08. The maximum atomic E-state index is 12.9. The molecule has 1 amide bonds. The van der Waals surface area contributed by atoms with Crippen molar-refractivity contribution in [2.45, 2.75) is 52.8 Å². The number of amides is 1. The summed E-state index contributed by atoms with van der Waals surface area (Å²) < 4.78 is 7.51. The number of nitriles is 1. The second-order valence-electron chi connectivity index (χ2n) is 7.45. The van der Waals surface area contributed by atoms with Crippen molar-refractivity contribution in [3.05, 3.63) is 46.9 Å². The van der Waals surface area contributed by atoms with Gasteiger partial charge in [0.2, 0.25) is 0 Å². The van der Waals surface area contributed by atoms with Gasteiger partial charge in [0, 0.05) is 25.5 Å². The van der Waals surface area contributed by atoms with Gasteiger partial charge in [-0.05, 0) is 40.2 Å². The molecule has 0 unspecified atom stereocenters. The lowest BCUT2D eigenvalue weighted by atomic mass is 10.1. The number of hydrogen-bond donors (Lipinski definition) is 1. The maximum Gasteiger partial charge on any atom is 0.272 e. The Morgan fingerprint density at radius 1 is 1.17 bits per heavy atom. The Morgan fingerprint density at radius 3 is 2.47 bits per heavy atom. The smallest absolute Gasteiger partial charge is 0.272 e. The van der Waals surface area contributed by atoms with Gasteiger partial charge in [-0.1, -0.05) is 0 Å². The lowest BCUT2D eigenvalue weighted by Crippen LogP contribution is -2.38. The van der Waals surface area contributed by atoms with Crippen molar-refractivity contribution in [2.24, 2.45) is 0 Å². The van der Waals surface area contributed by atoms with Crippen LogP contribution in [-0.4, -0.2) is 43.6 Å². The molecule has 3 heterocycles. The van der Waals surface area contributed by atoms with E-state index in [4.69, 9.17) is 9.72 Å². The first-order valence-electron chi connectivity index (χ1n) is 9.68. The van der Waals surface area contributed by atoms with Gasteiger partial charge in [-0.15, -0.1) is 0 Å². The van der Waals surface area contributed by atoms with Gasteiger partial charge in [-0.2, -0.15) is 5.26 Å². The monoisotopic (exact) mass is 407 g/mol. The SMILES string of the molecule is CO[C@H](C)[C@H](NC(=O)c1cnc(C)cn1)c1nc2c(C)c(C#N)cnc2n1C(C)C. The summed E-state index contributed by atoms with van der Waals surface area (Å²) in [6.45, 7) is 9.54. The van der Waals surface area contributed by atoms with Crippen molar-refractivity contribution in [1.82, 2.24) is 29.8 Å². The van der Waals surface area contributed by atoms with E-state index in [9.17, 15) is 10.1 Å². The van der Waals surface area contributed by atoms with Crippen LogP contribution < -0.4 is 5.32 Å². The number of carbonyl (C=O) groups excluding carboxylic acids is 1. The third-order valence-corrected chi connectivity index (χ3v) is 5.04. The van der Waals surface area contributed by atoms with Crippen LogP contribution in [0.3, 0.4) is 0 Å². The predicted octanol–water partition coefficient (Wildman–Crippen LogP) is 2.80. The highest BCUT2D eigenvalue weighted by atomic mass is 16.5. The lowest BCUT2D eigenvalue weighted by molar-refractivity contribution is 0.0664. The number of methoxy groups -OCH3 is 1. The van der Waals surface area contributed by atoms with Gasteiger partial charge in [0.1, 0.15) is 29.1 Å². The van der Waals surface area contributed by atoms with Crippen LogP contribution in [0.1, 0.15) is 66.0 Å². The molecule has 0 aromatic carbocycles. The van der Waals surface area contributed by atoms with E-state index in [1.165, 1.54) is 6.20 Å².